The minimum atomic E-state index is -1.00. The van der Waals surface area contributed by atoms with Gasteiger partial charge in [-0.3, -0.25) is 4.79 Å². The predicted molar refractivity (Wildman–Crippen MR) is 48.6 cm³/mol. The van der Waals surface area contributed by atoms with Gasteiger partial charge in [0, 0.05) is 0 Å². The zero-order valence-corrected chi connectivity index (χ0v) is 7.65. The molecule has 74 valence electrons. The molecule has 1 aromatic rings. The molecular weight excluding hydrogens is 184 g/mol. The number of hydrogen-bond acceptors (Lipinski definition) is 4. The van der Waals surface area contributed by atoms with E-state index in [2.05, 4.69) is 10.5 Å². The van der Waals surface area contributed by atoms with Crippen LogP contribution in [0.4, 0.5) is 0 Å². The Hall–Kier alpha value is -1.62. The number of aliphatic hydroxyl groups is 1. The van der Waals surface area contributed by atoms with E-state index in [0.29, 0.717) is 11.5 Å². The third-order valence-corrected chi connectivity index (χ3v) is 2.36. The monoisotopic (exact) mass is 194 g/mol. The molecular formula is C9H10N2O3. The van der Waals surface area contributed by atoms with E-state index >= 15 is 0 Å². The molecule has 2 N–H and O–H groups in total. The Morgan fingerprint density at radius 1 is 1.71 bits per heavy atom. The third kappa shape index (κ3) is 1.06. The van der Waals surface area contributed by atoms with Gasteiger partial charge in [0.15, 0.2) is 5.76 Å². The lowest BCUT2D eigenvalue weighted by Gasteiger charge is -2.17. The molecule has 5 heteroatoms. The number of carbonyl (C=O) groups excluding carboxylic acids is 1. The summed E-state index contributed by atoms with van der Waals surface area (Å²) in [5.74, 6) is 0.186. The molecule has 0 saturated heterocycles. The zero-order chi connectivity index (χ0) is 10.2. The van der Waals surface area contributed by atoms with E-state index in [1.54, 1.807) is 19.1 Å². The molecule has 0 aliphatic carbocycles. The van der Waals surface area contributed by atoms with Crippen LogP contribution >= 0.6 is 0 Å². The topological polar surface area (TPSA) is 74.8 Å². The van der Waals surface area contributed by atoms with Crippen molar-refractivity contribution in [2.45, 2.75) is 6.92 Å². The second-order valence-electron chi connectivity index (χ2n) is 3.37. The van der Waals surface area contributed by atoms with Crippen molar-refractivity contribution in [2.24, 2.45) is 10.5 Å². The van der Waals surface area contributed by atoms with Crippen molar-refractivity contribution >= 4 is 11.6 Å². The van der Waals surface area contributed by atoms with Gasteiger partial charge in [-0.1, -0.05) is 0 Å². The Morgan fingerprint density at radius 3 is 3.07 bits per heavy atom. The fourth-order valence-electron chi connectivity index (χ4n) is 1.35. The number of nitrogens with zero attached hydrogens (tertiary/aromatic N) is 1. The highest BCUT2D eigenvalue weighted by Gasteiger charge is 2.44. The van der Waals surface area contributed by atoms with E-state index in [4.69, 9.17) is 4.42 Å². The van der Waals surface area contributed by atoms with Crippen molar-refractivity contribution < 1.29 is 14.3 Å². The van der Waals surface area contributed by atoms with Crippen LogP contribution in [0.2, 0.25) is 0 Å². The van der Waals surface area contributed by atoms with Crippen molar-refractivity contribution in [3.8, 4) is 0 Å². The van der Waals surface area contributed by atoms with Gasteiger partial charge in [0.05, 0.1) is 12.9 Å². The van der Waals surface area contributed by atoms with Gasteiger partial charge in [-0.15, -0.1) is 0 Å². The Kier molecular flexibility index (Phi) is 1.89. The Morgan fingerprint density at radius 2 is 2.50 bits per heavy atom. The van der Waals surface area contributed by atoms with Gasteiger partial charge in [0.2, 0.25) is 0 Å². The highest BCUT2D eigenvalue weighted by atomic mass is 16.3. The summed E-state index contributed by atoms with van der Waals surface area (Å²) in [6.07, 6.45) is 1.50. The molecule has 1 unspecified atom stereocenters. The van der Waals surface area contributed by atoms with Gasteiger partial charge >= 0.3 is 0 Å². The second kappa shape index (κ2) is 2.95. The Labute approximate surface area is 80.4 Å². The maximum absolute atomic E-state index is 11.4. The minimum Gasteiger partial charge on any atom is -0.463 e. The van der Waals surface area contributed by atoms with E-state index < -0.39 is 5.41 Å². The summed E-state index contributed by atoms with van der Waals surface area (Å²) in [5, 5.41) is 13.0. The fourth-order valence-corrected chi connectivity index (χ4v) is 1.35. The number of amides is 1. The number of furan rings is 1. The summed E-state index contributed by atoms with van der Waals surface area (Å²) in [7, 11) is 0. The van der Waals surface area contributed by atoms with Crippen LogP contribution in [0.1, 0.15) is 12.7 Å². The molecule has 1 aliphatic rings. The van der Waals surface area contributed by atoms with E-state index in [9.17, 15) is 9.90 Å². The van der Waals surface area contributed by atoms with Crippen LogP contribution in [0.25, 0.3) is 0 Å². The van der Waals surface area contributed by atoms with Crippen LogP contribution < -0.4 is 5.43 Å². The second-order valence-corrected chi connectivity index (χ2v) is 3.37. The van der Waals surface area contributed by atoms with E-state index in [1.807, 2.05) is 0 Å². The molecule has 0 bridgehead atoms. The largest absolute Gasteiger partial charge is 0.463 e. The van der Waals surface area contributed by atoms with Crippen molar-refractivity contribution in [3.05, 3.63) is 24.2 Å². The predicted octanol–water partition coefficient (Wildman–Crippen LogP) is 0.112. The Bertz CT molecular complexity index is 383. The van der Waals surface area contributed by atoms with Gasteiger partial charge in [-0.2, -0.15) is 5.10 Å². The van der Waals surface area contributed by atoms with Crippen molar-refractivity contribution in [1.29, 1.82) is 0 Å². The molecule has 2 heterocycles. The number of aliphatic hydroxyl groups excluding tert-OH is 1. The fraction of sp³-hybridized carbons (Fsp3) is 0.333. The molecule has 2 rings (SSSR count). The van der Waals surface area contributed by atoms with E-state index in [1.165, 1.54) is 6.26 Å². The molecule has 1 aromatic heterocycles. The summed E-state index contributed by atoms with van der Waals surface area (Å²) < 4.78 is 5.13. The average Bonchev–Trinajstić information content (AvgIpc) is 2.77. The first-order chi connectivity index (χ1) is 6.68. The first kappa shape index (κ1) is 8.96. The highest BCUT2D eigenvalue weighted by molar-refractivity contribution is 6.18. The molecule has 0 spiro atoms. The molecule has 0 radical (unpaired) electrons. The molecule has 14 heavy (non-hydrogen) atoms. The number of carbonyl (C=O) groups is 1. The van der Waals surface area contributed by atoms with Crippen LogP contribution in [0, 0.1) is 5.41 Å². The van der Waals surface area contributed by atoms with Gasteiger partial charge < -0.3 is 9.52 Å². The minimum absolute atomic E-state index is 0.293. The zero-order valence-electron chi connectivity index (χ0n) is 7.65. The number of nitrogens with one attached hydrogen (secondary N) is 1. The smallest absolute Gasteiger partial charge is 0.254 e. The van der Waals surface area contributed by atoms with Crippen LogP contribution in [-0.4, -0.2) is 23.3 Å². The molecule has 5 nitrogen and oxygen atoms in total. The number of rotatable bonds is 2. The Balaban J connectivity index is 2.42. The van der Waals surface area contributed by atoms with E-state index in [0.717, 1.165) is 0 Å². The number of hydrogen-bond donors (Lipinski definition) is 2. The van der Waals surface area contributed by atoms with Gasteiger partial charge in [0.1, 0.15) is 11.1 Å². The van der Waals surface area contributed by atoms with Gasteiger partial charge in [-0.05, 0) is 19.1 Å². The molecule has 0 fully saturated rings. The normalized spacial score (nSPS) is 26.1. The van der Waals surface area contributed by atoms with Crippen molar-refractivity contribution in [2.75, 3.05) is 6.61 Å². The average molecular weight is 194 g/mol. The lowest BCUT2D eigenvalue weighted by Crippen LogP contribution is -2.38. The summed E-state index contributed by atoms with van der Waals surface area (Å²) in [6.45, 7) is 1.33. The van der Waals surface area contributed by atoms with Crippen molar-refractivity contribution in [3.63, 3.8) is 0 Å². The first-order valence-electron chi connectivity index (χ1n) is 4.22. The first-order valence-corrected chi connectivity index (χ1v) is 4.22. The maximum atomic E-state index is 11.4. The molecule has 1 amide bonds. The summed E-state index contributed by atoms with van der Waals surface area (Å²) in [4.78, 5) is 11.4. The van der Waals surface area contributed by atoms with Crippen molar-refractivity contribution in [1.82, 2.24) is 5.43 Å². The summed E-state index contributed by atoms with van der Waals surface area (Å²) in [5.41, 5.74) is 1.77. The molecule has 0 saturated carbocycles. The van der Waals surface area contributed by atoms with Crippen LogP contribution in [0.3, 0.4) is 0 Å². The third-order valence-electron chi connectivity index (χ3n) is 2.36. The quantitative estimate of drug-likeness (QED) is 0.701. The van der Waals surface area contributed by atoms with E-state index in [-0.39, 0.29) is 12.5 Å². The summed E-state index contributed by atoms with van der Waals surface area (Å²) >= 11 is 0. The lowest BCUT2D eigenvalue weighted by molar-refractivity contribution is -0.127. The standard InChI is InChI=1S/C9H10N2O3/c1-9(5-12)7(10-11-8(9)13)6-3-2-4-14-6/h2-4,12H,5H2,1H3,(H,11,13). The molecule has 1 atom stereocenters. The van der Waals surface area contributed by atoms with Gasteiger partial charge in [-0.25, -0.2) is 5.43 Å². The van der Waals surface area contributed by atoms with Gasteiger partial charge in [0.25, 0.3) is 5.91 Å². The van der Waals surface area contributed by atoms with Crippen LogP contribution in [-0.2, 0) is 4.79 Å². The lowest BCUT2D eigenvalue weighted by atomic mass is 9.85. The highest BCUT2D eigenvalue weighted by Crippen LogP contribution is 2.27. The maximum Gasteiger partial charge on any atom is 0.254 e. The SMILES string of the molecule is CC1(CO)C(=O)NN=C1c1ccco1. The number of hydrazone groups is 1. The van der Waals surface area contributed by atoms with Crippen LogP contribution in [0.5, 0.6) is 0 Å². The molecule has 0 aromatic carbocycles. The molecule has 1 aliphatic heterocycles. The summed E-state index contributed by atoms with van der Waals surface area (Å²) in [6, 6.07) is 3.41. The van der Waals surface area contributed by atoms with Crippen LogP contribution in [0.15, 0.2) is 27.9 Å².